The topological polar surface area (TPSA) is 161 Å². The van der Waals surface area contributed by atoms with Gasteiger partial charge in [-0.2, -0.15) is 0 Å². The number of aryl methyl sites for hydroxylation is 1. The minimum atomic E-state index is -0.988. The molecule has 0 unspecified atom stereocenters. The van der Waals surface area contributed by atoms with E-state index < -0.39 is 17.9 Å². The summed E-state index contributed by atoms with van der Waals surface area (Å²) < 4.78 is 0. The van der Waals surface area contributed by atoms with Gasteiger partial charge in [-0.1, -0.05) is 0 Å². The van der Waals surface area contributed by atoms with E-state index in [1.807, 2.05) is 12.1 Å². The summed E-state index contributed by atoms with van der Waals surface area (Å²) in [5, 5.41) is 27.8. The molecule has 1 aliphatic rings. The number of nitrogens with two attached hydrogens (primary N) is 1. The van der Waals surface area contributed by atoms with E-state index in [0.717, 1.165) is 18.4 Å². The van der Waals surface area contributed by atoms with Crippen LogP contribution in [-0.2, 0) is 33.9 Å². The van der Waals surface area contributed by atoms with Gasteiger partial charge in [-0.15, -0.1) is 0 Å². The Kier molecular flexibility index (Phi) is 13.3. The maximum absolute atomic E-state index is 11.3. The van der Waals surface area contributed by atoms with E-state index >= 15 is 0 Å². The molecule has 12 heteroatoms. The van der Waals surface area contributed by atoms with Crippen molar-refractivity contribution in [1.82, 2.24) is 19.7 Å². The van der Waals surface area contributed by atoms with E-state index in [9.17, 15) is 29.7 Å². The monoisotopic (exact) mass is 595 g/mol. The summed E-state index contributed by atoms with van der Waals surface area (Å²) in [5.74, 6) is -2.92. The third-order valence-corrected chi connectivity index (χ3v) is 4.97. The Morgan fingerprint density at radius 1 is 0.812 bits per heavy atom. The molecule has 5 N–H and O–H groups in total. The van der Waals surface area contributed by atoms with Gasteiger partial charge in [0.05, 0.1) is 31.0 Å². The first kappa shape index (κ1) is 28.8. The van der Waals surface area contributed by atoms with Crippen molar-refractivity contribution in [2.45, 2.75) is 25.9 Å². The fourth-order valence-corrected chi connectivity index (χ4v) is 3.63. The van der Waals surface area contributed by atoms with Gasteiger partial charge in [-0.3, -0.25) is 34.1 Å². The molecule has 0 fully saturated rings. The molecule has 2 rings (SSSR count). The number of aliphatic carboxylic acids is 3. The number of carboxylic acids is 3. The van der Waals surface area contributed by atoms with E-state index in [1.165, 1.54) is 0 Å². The Hall–Kier alpha value is -1.28. The van der Waals surface area contributed by atoms with Crippen molar-refractivity contribution < 1.29 is 69.6 Å². The first-order valence-electron chi connectivity index (χ1n) is 10.3. The standard InChI is InChI=1S/C20H31N5O6.Gd/c21-3-1-2-15-8-16-10-24(13-19(28)29)6-4-23(12-18(26)27)5-7-25(14-20(30)31)11-17(9-15)22-16;/h8-9H,1-7,10-14,21H2,(H,26,27)(H,28,29)(H,30,31);. The average molecular weight is 595 g/mol. The van der Waals surface area contributed by atoms with Crippen molar-refractivity contribution in [2.75, 3.05) is 52.4 Å². The Balaban J connectivity index is 0.00000512. The zero-order valence-electron chi connectivity index (χ0n) is 17.9. The van der Waals surface area contributed by atoms with Crippen LogP contribution in [-0.4, -0.2) is 105 Å². The molecule has 11 nitrogen and oxygen atoms in total. The van der Waals surface area contributed by atoms with Crippen LogP contribution in [0.5, 0.6) is 0 Å². The summed E-state index contributed by atoms with van der Waals surface area (Å²) in [5.41, 5.74) is 8.06. The Morgan fingerprint density at radius 2 is 1.22 bits per heavy atom. The van der Waals surface area contributed by atoms with Crippen LogP contribution in [0.15, 0.2) is 12.1 Å². The molecule has 0 amide bonds. The number of fused-ring (bicyclic) bond motifs is 2. The molecule has 180 valence electrons. The molecule has 0 atom stereocenters. The van der Waals surface area contributed by atoms with Gasteiger partial charge in [-0.25, -0.2) is 0 Å². The number of aromatic nitrogens is 1. The molecule has 0 saturated heterocycles. The number of pyridine rings is 1. The van der Waals surface area contributed by atoms with Crippen LogP contribution in [0.25, 0.3) is 0 Å². The van der Waals surface area contributed by atoms with Crippen molar-refractivity contribution in [3.63, 3.8) is 0 Å². The average Bonchev–Trinajstić information content (AvgIpc) is 2.66. The molecule has 2 heterocycles. The predicted molar refractivity (Wildman–Crippen MR) is 112 cm³/mol. The summed E-state index contributed by atoms with van der Waals surface area (Å²) in [4.78, 5) is 43.7. The van der Waals surface area contributed by atoms with Crippen LogP contribution in [0, 0.1) is 39.9 Å². The van der Waals surface area contributed by atoms with Crippen LogP contribution >= 0.6 is 0 Å². The first-order valence-corrected chi connectivity index (χ1v) is 10.3. The van der Waals surface area contributed by atoms with Gasteiger partial charge in [0.1, 0.15) is 0 Å². The van der Waals surface area contributed by atoms with Crippen molar-refractivity contribution >= 4 is 17.9 Å². The molecule has 0 spiro atoms. The molecule has 0 aliphatic carbocycles. The second-order valence-corrected chi connectivity index (χ2v) is 7.73. The van der Waals surface area contributed by atoms with Gasteiger partial charge in [0, 0.05) is 79.2 Å². The Morgan fingerprint density at radius 3 is 1.62 bits per heavy atom. The van der Waals surface area contributed by atoms with Gasteiger partial charge in [0.15, 0.2) is 0 Å². The smallest absolute Gasteiger partial charge is 0.317 e. The third kappa shape index (κ3) is 11.0. The number of rotatable bonds is 9. The fourth-order valence-electron chi connectivity index (χ4n) is 3.63. The van der Waals surface area contributed by atoms with E-state index in [4.69, 9.17) is 5.73 Å². The zero-order chi connectivity index (χ0) is 22.8. The van der Waals surface area contributed by atoms with E-state index in [-0.39, 0.29) is 59.6 Å². The SMILES string of the molecule is NCCCc1cc2nc(c1)CN(CC(=O)O)CCN(CC(=O)O)CCN(CC(=O)O)C2.[Gd]. The summed E-state index contributed by atoms with van der Waals surface area (Å²) in [6.07, 6.45) is 1.55. The van der Waals surface area contributed by atoms with Crippen molar-refractivity contribution in [3.8, 4) is 0 Å². The number of carboxylic acid groups (broad SMARTS) is 3. The quantitative estimate of drug-likeness (QED) is 0.282. The van der Waals surface area contributed by atoms with Gasteiger partial charge >= 0.3 is 17.9 Å². The van der Waals surface area contributed by atoms with E-state index in [2.05, 4.69) is 4.98 Å². The fraction of sp³-hybridized carbons (Fsp3) is 0.600. The minimum absolute atomic E-state index is 0. The number of carbonyl (C=O) groups is 3. The van der Waals surface area contributed by atoms with Crippen LogP contribution in [0.2, 0.25) is 0 Å². The summed E-state index contributed by atoms with van der Waals surface area (Å²) in [6, 6.07) is 3.85. The normalized spacial score (nSPS) is 16.4. The second-order valence-electron chi connectivity index (χ2n) is 7.73. The number of nitrogens with zero attached hydrogens (tertiary/aromatic N) is 4. The Bertz CT molecular complexity index is 733. The van der Waals surface area contributed by atoms with Crippen LogP contribution < -0.4 is 5.73 Å². The molecule has 0 saturated carbocycles. The molecule has 2 bridgehead atoms. The van der Waals surface area contributed by atoms with Crippen molar-refractivity contribution in [2.24, 2.45) is 5.73 Å². The number of hydrogen-bond acceptors (Lipinski definition) is 8. The molecule has 1 aromatic rings. The summed E-state index contributed by atoms with van der Waals surface area (Å²) in [7, 11) is 0. The maximum atomic E-state index is 11.3. The molecule has 32 heavy (non-hydrogen) atoms. The predicted octanol–water partition coefficient (Wildman–Crippen LogP) is -0.854. The number of hydrogen-bond donors (Lipinski definition) is 4. The molecular weight excluding hydrogens is 563 g/mol. The van der Waals surface area contributed by atoms with Crippen molar-refractivity contribution in [1.29, 1.82) is 0 Å². The molecule has 0 radical (unpaired) electrons. The second kappa shape index (κ2) is 14.8. The minimum Gasteiger partial charge on any atom is -0.480 e. The summed E-state index contributed by atoms with van der Waals surface area (Å²) in [6.45, 7) is 1.97. The van der Waals surface area contributed by atoms with Gasteiger partial charge in [-0.05, 0) is 37.1 Å². The maximum Gasteiger partial charge on any atom is 0.317 e. The summed E-state index contributed by atoms with van der Waals surface area (Å²) >= 11 is 0. The van der Waals surface area contributed by atoms with Gasteiger partial charge < -0.3 is 21.1 Å². The molecule has 1 aromatic heterocycles. The van der Waals surface area contributed by atoms with Gasteiger partial charge in [0.25, 0.3) is 0 Å². The van der Waals surface area contributed by atoms with Gasteiger partial charge in [0.2, 0.25) is 0 Å². The molecular formula is C20H31GdN5O6. The molecule has 1 aliphatic heterocycles. The largest absolute Gasteiger partial charge is 0.480 e. The van der Waals surface area contributed by atoms with Crippen LogP contribution in [0.4, 0.5) is 0 Å². The van der Waals surface area contributed by atoms with E-state index in [0.29, 0.717) is 57.2 Å². The third-order valence-electron chi connectivity index (χ3n) is 4.97. The van der Waals surface area contributed by atoms with Crippen LogP contribution in [0.1, 0.15) is 23.4 Å². The van der Waals surface area contributed by atoms with Crippen molar-refractivity contribution in [3.05, 3.63) is 29.1 Å². The molecule has 0 aromatic carbocycles. The van der Waals surface area contributed by atoms with E-state index in [1.54, 1.807) is 14.7 Å². The zero-order valence-corrected chi connectivity index (χ0v) is 20.2. The first-order chi connectivity index (χ1) is 14.7. The van der Waals surface area contributed by atoms with Crippen LogP contribution in [0.3, 0.4) is 0 Å². The Labute approximate surface area is 219 Å².